The van der Waals surface area contributed by atoms with Crippen LogP contribution in [-0.2, 0) is 10.8 Å². The van der Waals surface area contributed by atoms with Crippen molar-refractivity contribution in [1.82, 2.24) is 5.32 Å². The van der Waals surface area contributed by atoms with Gasteiger partial charge in [0, 0.05) is 28.9 Å². The van der Waals surface area contributed by atoms with Crippen molar-refractivity contribution in [3.63, 3.8) is 0 Å². The van der Waals surface area contributed by atoms with Gasteiger partial charge in [0.2, 0.25) is 0 Å². The van der Waals surface area contributed by atoms with Crippen LogP contribution in [0.3, 0.4) is 0 Å². The maximum atomic E-state index is 12.7. The summed E-state index contributed by atoms with van der Waals surface area (Å²) in [4.78, 5) is 0. The summed E-state index contributed by atoms with van der Waals surface area (Å²) in [7, 11) is -0.807. The van der Waals surface area contributed by atoms with E-state index in [-0.39, 0.29) is 11.1 Å². The van der Waals surface area contributed by atoms with Gasteiger partial charge in [-0.2, -0.15) is 0 Å². The molecule has 1 rings (SSSR count). The number of aliphatic hydroxyl groups excluding tert-OH is 1. The molecular weight excluding hydrogens is 253 g/mol. The molecular formula is C13H20FNO2S. The molecule has 2 N–H and O–H groups in total. The van der Waals surface area contributed by atoms with Crippen LogP contribution in [-0.4, -0.2) is 33.9 Å². The van der Waals surface area contributed by atoms with Crippen molar-refractivity contribution >= 4 is 10.8 Å². The molecule has 0 radical (unpaired) electrons. The molecule has 0 aliphatic rings. The lowest BCUT2D eigenvalue weighted by Gasteiger charge is -2.13. The molecule has 0 spiro atoms. The quantitative estimate of drug-likeness (QED) is 0.742. The second-order valence-corrected chi connectivity index (χ2v) is 6.17. The van der Waals surface area contributed by atoms with E-state index < -0.39 is 16.9 Å². The summed E-state index contributed by atoms with van der Waals surface area (Å²) in [6.07, 6.45) is 1.85. The van der Waals surface area contributed by atoms with Crippen LogP contribution in [0.4, 0.5) is 4.39 Å². The van der Waals surface area contributed by atoms with Crippen LogP contribution in [0.1, 0.15) is 25.0 Å². The molecule has 0 saturated carbocycles. The van der Waals surface area contributed by atoms with Gasteiger partial charge in [-0.1, -0.05) is 19.1 Å². The number of benzene rings is 1. The Balaban J connectivity index is 2.27. The normalized spacial score (nSPS) is 16.2. The lowest BCUT2D eigenvalue weighted by molar-refractivity contribution is 0.174. The zero-order chi connectivity index (χ0) is 13.5. The van der Waals surface area contributed by atoms with Crippen LogP contribution in [0.25, 0.3) is 0 Å². The van der Waals surface area contributed by atoms with Crippen LogP contribution >= 0.6 is 0 Å². The molecule has 3 nitrogen and oxygen atoms in total. The highest BCUT2D eigenvalue weighted by molar-refractivity contribution is 7.84. The van der Waals surface area contributed by atoms with Crippen LogP contribution in [0.15, 0.2) is 24.3 Å². The molecule has 0 heterocycles. The lowest BCUT2D eigenvalue weighted by atomic mass is 10.1. The van der Waals surface area contributed by atoms with Crippen molar-refractivity contribution in [1.29, 1.82) is 0 Å². The monoisotopic (exact) mass is 273 g/mol. The fraction of sp³-hybridized carbons (Fsp3) is 0.538. The number of nitrogens with one attached hydrogen (secondary N) is 1. The van der Waals surface area contributed by atoms with Crippen molar-refractivity contribution in [2.45, 2.75) is 24.7 Å². The highest BCUT2D eigenvalue weighted by atomic mass is 32.2. The summed E-state index contributed by atoms with van der Waals surface area (Å²) >= 11 is 0. The van der Waals surface area contributed by atoms with E-state index in [9.17, 15) is 13.7 Å². The first kappa shape index (κ1) is 15.3. The van der Waals surface area contributed by atoms with Crippen molar-refractivity contribution < 1.29 is 13.7 Å². The van der Waals surface area contributed by atoms with Gasteiger partial charge >= 0.3 is 0 Å². The average molecular weight is 273 g/mol. The topological polar surface area (TPSA) is 49.3 Å². The van der Waals surface area contributed by atoms with Gasteiger partial charge in [-0.3, -0.25) is 4.21 Å². The van der Waals surface area contributed by atoms with E-state index in [4.69, 9.17) is 0 Å². The highest BCUT2D eigenvalue weighted by Crippen LogP contribution is 2.12. The zero-order valence-electron chi connectivity index (χ0n) is 10.7. The highest BCUT2D eigenvalue weighted by Gasteiger charge is 2.08. The SMILES string of the molecule is CC(CCNCC(O)c1ccc(F)cc1)S(C)=O. The average Bonchev–Trinajstić information content (AvgIpc) is 2.34. The van der Waals surface area contributed by atoms with Crippen molar-refractivity contribution in [2.24, 2.45) is 0 Å². The van der Waals surface area contributed by atoms with Gasteiger partial charge in [0.15, 0.2) is 0 Å². The smallest absolute Gasteiger partial charge is 0.123 e. The van der Waals surface area contributed by atoms with Crippen molar-refractivity contribution in [3.05, 3.63) is 35.6 Å². The van der Waals surface area contributed by atoms with Gasteiger partial charge in [0.05, 0.1) is 6.10 Å². The van der Waals surface area contributed by atoms with Gasteiger partial charge in [-0.25, -0.2) is 4.39 Å². The molecule has 0 aliphatic carbocycles. The Morgan fingerprint density at radius 2 is 2.00 bits per heavy atom. The summed E-state index contributed by atoms with van der Waals surface area (Å²) in [6.45, 7) is 3.06. The summed E-state index contributed by atoms with van der Waals surface area (Å²) < 4.78 is 23.8. The molecule has 0 fully saturated rings. The molecule has 0 amide bonds. The van der Waals surface area contributed by atoms with E-state index in [2.05, 4.69) is 5.32 Å². The van der Waals surface area contributed by atoms with Crippen LogP contribution in [0.2, 0.25) is 0 Å². The molecule has 0 bridgehead atoms. The predicted octanol–water partition coefficient (Wildman–Crippen LogP) is 1.61. The van der Waals surface area contributed by atoms with E-state index >= 15 is 0 Å². The molecule has 0 aliphatic heterocycles. The van der Waals surface area contributed by atoms with Crippen molar-refractivity contribution in [3.8, 4) is 0 Å². The zero-order valence-corrected chi connectivity index (χ0v) is 11.5. The minimum atomic E-state index is -0.807. The number of hydrogen-bond acceptors (Lipinski definition) is 3. The van der Waals surface area contributed by atoms with Crippen LogP contribution in [0.5, 0.6) is 0 Å². The molecule has 3 atom stereocenters. The molecule has 102 valence electrons. The Bertz CT molecular complexity index is 383. The Labute approximate surface area is 110 Å². The molecule has 1 aromatic carbocycles. The van der Waals surface area contributed by atoms with E-state index in [0.29, 0.717) is 18.7 Å². The Hall–Kier alpha value is -0.780. The first-order chi connectivity index (χ1) is 8.50. The number of rotatable bonds is 7. The molecule has 0 aromatic heterocycles. The molecule has 1 aromatic rings. The third kappa shape index (κ3) is 5.25. The maximum Gasteiger partial charge on any atom is 0.123 e. The third-order valence-electron chi connectivity index (χ3n) is 2.89. The fourth-order valence-electron chi connectivity index (χ4n) is 1.51. The summed E-state index contributed by atoms with van der Waals surface area (Å²) in [5.41, 5.74) is 0.691. The number of aliphatic hydroxyl groups is 1. The molecule has 3 unspecified atom stereocenters. The predicted molar refractivity (Wildman–Crippen MR) is 72.4 cm³/mol. The number of hydrogen-bond donors (Lipinski definition) is 2. The van der Waals surface area contributed by atoms with E-state index in [1.807, 2.05) is 6.92 Å². The van der Waals surface area contributed by atoms with Crippen molar-refractivity contribution in [2.75, 3.05) is 19.3 Å². The van der Waals surface area contributed by atoms with Gasteiger partial charge in [-0.05, 0) is 30.7 Å². The lowest BCUT2D eigenvalue weighted by Crippen LogP contribution is -2.25. The first-order valence-corrected chi connectivity index (χ1v) is 7.59. The van der Waals surface area contributed by atoms with E-state index in [1.54, 1.807) is 18.4 Å². The molecule has 0 saturated heterocycles. The minimum Gasteiger partial charge on any atom is -0.387 e. The van der Waals surface area contributed by atoms with E-state index in [1.165, 1.54) is 12.1 Å². The molecule has 18 heavy (non-hydrogen) atoms. The molecule has 5 heteroatoms. The summed E-state index contributed by atoms with van der Waals surface area (Å²) in [5, 5.41) is 13.1. The van der Waals surface area contributed by atoms with Crippen LogP contribution in [0, 0.1) is 5.82 Å². The second kappa shape index (κ2) is 7.61. The second-order valence-electron chi connectivity index (χ2n) is 4.37. The summed E-state index contributed by atoms with van der Waals surface area (Å²) in [5.74, 6) is -0.307. The van der Waals surface area contributed by atoms with Crippen LogP contribution < -0.4 is 5.32 Å². The standard InChI is InChI=1S/C13H20FNO2S/c1-10(18(2)17)7-8-15-9-13(16)11-3-5-12(14)6-4-11/h3-6,10,13,15-16H,7-9H2,1-2H3. The Morgan fingerprint density at radius 3 is 2.56 bits per heavy atom. The maximum absolute atomic E-state index is 12.7. The Morgan fingerprint density at radius 1 is 1.39 bits per heavy atom. The van der Waals surface area contributed by atoms with Gasteiger partial charge < -0.3 is 10.4 Å². The Kier molecular flexibility index (Phi) is 6.46. The number of halogens is 1. The summed E-state index contributed by atoms with van der Waals surface area (Å²) in [6, 6.07) is 5.82. The largest absolute Gasteiger partial charge is 0.387 e. The van der Waals surface area contributed by atoms with Gasteiger partial charge in [-0.15, -0.1) is 0 Å². The first-order valence-electron chi connectivity index (χ1n) is 5.97. The fourth-order valence-corrected chi connectivity index (χ4v) is 1.96. The third-order valence-corrected chi connectivity index (χ3v) is 4.26. The van der Waals surface area contributed by atoms with E-state index in [0.717, 1.165) is 6.42 Å². The van der Waals surface area contributed by atoms with Gasteiger partial charge in [0.25, 0.3) is 0 Å². The van der Waals surface area contributed by atoms with Gasteiger partial charge in [0.1, 0.15) is 5.82 Å². The minimum absolute atomic E-state index is 0.153.